The Kier molecular flexibility index (Phi) is 3.40. The van der Waals surface area contributed by atoms with E-state index in [1.54, 1.807) is 25.1 Å². The number of carbonyl (C=O) groups excluding carboxylic acids is 1. The highest BCUT2D eigenvalue weighted by atomic mass is 19.1. The van der Waals surface area contributed by atoms with Crippen LogP contribution in [0.3, 0.4) is 0 Å². The second-order valence-corrected chi connectivity index (χ2v) is 4.98. The Labute approximate surface area is 122 Å². The van der Waals surface area contributed by atoms with Gasteiger partial charge in [-0.05, 0) is 47.5 Å². The summed E-state index contributed by atoms with van der Waals surface area (Å²) in [6.45, 7) is 1.68. The molecule has 1 N–H and O–H groups in total. The summed E-state index contributed by atoms with van der Waals surface area (Å²) >= 11 is 0. The first-order valence-electron chi connectivity index (χ1n) is 6.70. The molecule has 0 aromatic heterocycles. The molecular formula is C18H14FNO. The summed E-state index contributed by atoms with van der Waals surface area (Å²) in [6, 6.07) is 18.0. The van der Waals surface area contributed by atoms with Crippen LogP contribution < -0.4 is 5.32 Å². The summed E-state index contributed by atoms with van der Waals surface area (Å²) in [5, 5.41) is 4.79. The van der Waals surface area contributed by atoms with E-state index in [1.807, 2.05) is 36.4 Å². The topological polar surface area (TPSA) is 29.1 Å². The first-order chi connectivity index (χ1) is 10.1. The maximum absolute atomic E-state index is 13.5. The molecule has 3 rings (SSSR count). The third kappa shape index (κ3) is 2.77. The zero-order valence-corrected chi connectivity index (χ0v) is 11.6. The number of halogens is 1. The Morgan fingerprint density at radius 3 is 2.48 bits per heavy atom. The van der Waals surface area contributed by atoms with Gasteiger partial charge < -0.3 is 5.32 Å². The third-order valence-corrected chi connectivity index (χ3v) is 3.44. The Bertz CT molecular complexity index is 826. The van der Waals surface area contributed by atoms with E-state index in [4.69, 9.17) is 0 Å². The van der Waals surface area contributed by atoms with Gasteiger partial charge in [-0.25, -0.2) is 4.39 Å². The van der Waals surface area contributed by atoms with Crippen LogP contribution in [0.5, 0.6) is 0 Å². The smallest absolute Gasteiger partial charge is 0.255 e. The SMILES string of the molecule is Cc1ccc(NC(=O)c2ccc3ccccc3c2)cc1F. The molecule has 0 aliphatic heterocycles. The molecule has 0 radical (unpaired) electrons. The Hall–Kier alpha value is -2.68. The van der Waals surface area contributed by atoms with Crippen molar-refractivity contribution >= 4 is 22.4 Å². The van der Waals surface area contributed by atoms with Crippen molar-refractivity contribution in [3.8, 4) is 0 Å². The van der Waals surface area contributed by atoms with Crippen molar-refractivity contribution in [1.82, 2.24) is 0 Å². The van der Waals surface area contributed by atoms with E-state index in [9.17, 15) is 9.18 Å². The van der Waals surface area contributed by atoms with Gasteiger partial charge in [-0.1, -0.05) is 36.4 Å². The van der Waals surface area contributed by atoms with Gasteiger partial charge >= 0.3 is 0 Å². The molecule has 0 spiro atoms. The maximum Gasteiger partial charge on any atom is 0.255 e. The first-order valence-corrected chi connectivity index (χ1v) is 6.70. The van der Waals surface area contributed by atoms with E-state index in [1.165, 1.54) is 6.07 Å². The van der Waals surface area contributed by atoms with Crippen LogP contribution in [0.2, 0.25) is 0 Å². The fourth-order valence-corrected chi connectivity index (χ4v) is 2.20. The maximum atomic E-state index is 13.5. The zero-order chi connectivity index (χ0) is 14.8. The molecule has 3 aromatic rings. The number of carbonyl (C=O) groups is 1. The van der Waals surface area contributed by atoms with Gasteiger partial charge in [0.05, 0.1) is 0 Å². The molecule has 1 amide bonds. The molecule has 0 saturated heterocycles. The third-order valence-electron chi connectivity index (χ3n) is 3.44. The van der Waals surface area contributed by atoms with Crippen molar-refractivity contribution in [1.29, 1.82) is 0 Å². The predicted octanol–water partition coefficient (Wildman–Crippen LogP) is 4.54. The first kappa shape index (κ1) is 13.3. The number of hydrogen-bond donors (Lipinski definition) is 1. The van der Waals surface area contributed by atoms with Gasteiger partial charge in [0.1, 0.15) is 5.82 Å². The normalized spacial score (nSPS) is 10.6. The lowest BCUT2D eigenvalue weighted by Gasteiger charge is -2.07. The highest BCUT2D eigenvalue weighted by Crippen LogP contribution is 2.18. The summed E-state index contributed by atoms with van der Waals surface area (Å²) in [5.74, 6) is -0.574. The number of aryl methyl sites for hydroxylation is 1. The molecule has 3 heteroatoms. The van der Waals surface area contributed by atoms with E-state index < -0.39 is 0 Å². The predicted molar refractivity (Wildman–Crippen MR) is 83.0 cm³/mol. The van der Waals surface area contributed by atoms with Gasteiger partial charge in [0, 0.05) is 11.3 Å². The molecule has 0 aliphatic carbocycles. The quantitative estimate of drug-likeness (QED) is 0.733. The van der Waals surface area contributed by atoms with Crippen LogP contribution in [-0.4, -0.2) is 5.91 Å². The molecule has 3 aromatic carbocycles. The highest BCUT2D eigenvalue weighted by Gasteiger charge is 2.08. The zero-order valence-electron chi connectivity index (χ0n) is 11.6. The molecule has 2 nitrogen and oxygen atoms in total. The van der Waals surface area contributed by atoms with E-state index in [0.717, 1.165) is 10.8 Å². The molecule has 0 fully saturated rings. The average molecular weight is 279 g/mol. The van der Waals surface area contributed by atoms with Gasteiger partial charge in [0.15, 0.2) is 0 Å². The van der Waals surface area contributed by atoms with Crippen LogP contribution in [0.4, 0.5) is 10.1 Å². The van der Waals surface area contributed by atoms with E-state index in [0.29, 0.717) is 16.8 Å². The minimum absolute atomic E-state index is 0.246. The van der Waals surface area contributed by atoms with Crippen LogP contribution in [-0.2, 0) is 0 Å². The minimum atomic E-state index is -0.327. The molecule has 0 heterocycles. The van der Waals surface area contributed by atoms with E-state index >= 15 is 0 Å². The monoisotopic (exact) mass is 279 g/mol. The molecule has 0 bridgehead atoms. The highest BCUT2D eigenvalue weighted by molar-refractivity contribution is 6.06. The summed E-state index contributed by atoms with van der Waals surface area (Å²) in [4.78, 5) is 12.2. The summed E-state index contributed by atoms with van der Waals surface area (Å²) in [6.07, 6.45) is 0. The van der Waals surface area contributed by atoms with Crippen molar-refractivity contribution in [2.45, 2.75) is 6.92 Å². The van der Waals surface area contributed by atoms with Gasteiger partial charge in [0.25, 0.3) is 5.91 Å². The van der Waals surface area contributed by atoms with Crippen molar-refractivity contribution in [2.75, 3.05) is 5.32 Å². The van der Waals surface area contributed by atoms with Gasteiger partial charge in [-0.3, -0.25) is 4.79 Å². The second-order valence-electron chi connectivity index (χ2n) is 4.98. The van der Waals surface area contributed by atoms with Crippen molar-refractivity contribution in [2.24, 2.45) is 0 Å². The fraction of sp³-hybridized carbons (Fsp3) is 0.0556. The van der Waals surface area contributed by atoms with E-state index in [-0.39, 0.29) is 11.7 Å². The Morgan fingerprint density at radius 1 is 0.952 bits per heavy atom. The lowest BCUT2D eigenvalue weighted by molar-refractivity contribution is 0.102. The number of hydrogen-bond acceptors (Lipinski definition) is 1. The van der Waals surface area contributed by atoms with Crippen LogP contribution in [0.1, 0.15) is 15.9 Å². The lowest BCUT2D eigenvalue weighted by atomic mass is 10.1. The lowest BCUT2D eigenvalue weighted by Crippen LogP contribution is -2.12. The largest absolute Gasteiger partial charge is 0.322 e. The summed E-state index contributed by atoms with van der Waals surface area (Å²) < 4.78 is 13.5. The van der Waals surface area contributed by atoms with Crippen LogP contribution >= 0.6 is 0 Å². The molecule has 0 unspecified atom stereocenters. The number of nitrogens with one attached hydrogen (secondary N) is 1. The fourth-order valence-electron chi connectivity index (χ4n) is 2.20. The van der Waals surface area contributed by atoms with Crippen LogP contribution in [0, 0.1) is 12.7 Å². The average Bonchev–Trinajstić information content (AvgIpc) is 2.50. The van der Waals surface area contributed by atoms with Crippen molar-refractivity contribution in [3.63, 3.8) is 0 Å². The van der Waals surface area contributed by atoms with Crippen LogP contribution in [0.15, 0.2) is 60.7 Å². The van der Waals surface area contributed by atoms with Gasteiger partial charge in [0.2, 0.25) is 0 Å². The standard InChI is InChI=1S/C18H14FNO/c1-12-6-9-16(11-17(12)19)20-18(21)15-8-7-13-4-2-3-5-14(13)10-15/h2-11H,1H3,(H,20,21). The van der Waals surface area contributed by atoms with Gasteiger partial charge in [-0.15, -0.1) is 0 Å². The Morgan fingerprint density at radius 2 is 1.71 bits per heavy atom. The van der Waals surface area contributed by atoms with Crippen LogP contribution in [0.25, 0.3) is 10.8 Å². The number of anilines is 1. The molecule has 0 aliphatic rings. The van der Waals surface area contributed by atoms with Gasteiger partial charge in [-0.2, -0.15) is 0 Å². The number of rotatable bonds is 2. The molecule has 0 atom stereocenters. The molecular weight excluding hydrogens is 265 g/mol. The summed E-state index contributed by atoms with van der Waals surface area (Å²) in [5.41, 5.74) is 1.56. The minimum Gasteiger partial charge on any atom is -0.322 e. The van der Waals surface area contributed by atoms with Crippen molar-refractivity contribution in [3.05, 3.63) is 77.6 Å². The molecule has 21 heavy (non-hydrogen) atoms. The summed E-state index contributed by atoms with van der Waals surface area (Å²) in [7, 11) is 0. The van der Waals surface area contributed by atoms with Crippen molar-refractivity contribution < 1.29 is 9.18 Å². The molecule has 104 valence electrons. The molecule has 0 saturated carbocycles. The Balaban J connectivity index is 1.87. The second kappa shape index (κ2) is 5.37. The van der Waals surface area contributed by atoms with E-state index in [2.05, 4.69) is 5.32 Å². The number of amides is 1. The number of fused-ring (bicyclic) bond motifs is 1. The number of benzene rings is 3.